The summed E-state index contributed by atoms with van der Waals surface area (Å²) < 4.78 is 42.2. The number of hydrogen-bond acceptors (Lipinski definition) is 4. The molecule has 1 fully saturated rings. The first-order valence-corrected chi connectivity index (χ1v) is 9.10. The quantitative estimate of drug-likeness (QED) is 0.516. The fourth-order valence-electron chi connectivity index (χ4n) is 3.52. The van der Waals surface area contributed by atoms with Crippen molar-refractivity contribution in [1.82, 2.24) is 19.7 Å². The van der Waals surface area contributed by atoms with Gasteiger partial charge in [-0.3, -0.25) is 4.98 Å². The number of rotatable bonds is 3. The van der Waals surface area contributed by atoms with E-state index in [-0.39, 0.29) is 18.8 Å². The largest absolute Gasteiger partial charge is 0.359 e. The van der Waals surface area contributed by atoms with E-state index in [4.69, 9.17) is 0 Å². The van der Waals surface area contributed by atoms with E-state index in [1.807, 2.05) is 25.1 Å². The van der Waals surface area contributed by atoms with Crippen molar-refractivity contribution >= 4 is 16.7 Å². The third-order valence-corrected chi connectivity index (χ3v) is 5.03. The predicted octanol–water partition coefficient (Wildman–Crippen LogP) is 4.39. The van der Waals surface area contributed by atoms with Gasteiger partial charge in [-0.25, -0.2) is 22.8 Å². The van der Waals surface area contributed by atoms with Gasteiger partial charge in [0, 0.05) is 35.2 Å². The number of aromatic nitrogens is 4. The molecule has 1 aromatic carbocycles. The first-order chi connectivity index (χ1) is 13.9. The molecule has 5 rings (SSSR count). The minimum absolute atomic E-state index is 0.186. The van der Waals surface area contributed by atoms with Crippen LogP contribution in [0.4, 0.5) is 18.9 Å². The minimum Gasteiger partial charge on any atom is -0.359 e. The van der Waals surface area contributed by atoms with E-state index < -0.39 is 11.7 Å². The summed E-state index contributed by atoms with van der Waals surface area (Å²) >= 11 is 0. The Morgan fingerprint density at radius 2 is 1.90 bits per heavy atom. The fraction of sp³-hybridized carbons (Fsp3) is 0.190. The number of pyridine rings is 2. The summed E-state index contributed by atoms with van der Waals surface area (Å²) in [6.07, 6.45) is 5.08. The zero-order valence-electron chi connectivity index (χ0n) is 15.5. The van der Waals surface area contributed by atoms with E-state index in [1.165, 1.54) is 27.8 Å². The van der Waals surface area contributed by atoms with Crippen LogP contribution in [0.5, 0.6) is 0 Å². The topological polar surface area (TPSA) is 46.8 Å². The molecule has 29 heavy (non-hydrogen) atoms. The minimum atomic E-state index is -2.70. The SMILES string of the molecule is Cc1cccnc1-c1cnc2nn(-c3cc(N4CC(F)(F)C4)ccc3F)cc2c1. The molecule has 0 saturated carbocycles. The smallest absolute Gasteiger partial charge is 0.282 e. The van der Waals surface area contributed by atoms with Crippen LogP contribution in [0.2, 0.25) is 0 Å². The van der Waals surface area contributed by atoms with Crippen molar-refractivity contribution in [3.63, 3.8) is 0 Å². The van der Waals surface area contributed by atoms with Gasteiger partial charge < -0.3 is 4.90 Å². The summed E-state index contributed by atoms with van der Waals surface area (Å²) in [5.41, 5.74) is 3.86. The summed E-state index contributed by atoms with van der Waals surface area (Å²) in [5, 5.41) is 5.08. The Labute approximate surface area is 164 Å². The van der Waals surface area contributed by atoms with Crippen LogP contribution in [0.3, 0.4) is 0 Å². The number of anilines is 1. The molecular weight excluding hydrogens is 379 g/mol. The first-order valence-electron chi connectivity index (χ1n) is 9.10. The first kappa shape index (κ1) is 17.7. The average Bonchev–Trinajstić information content (AvgIpc) is 3.10. The number of alkyl halides is 2. The van der Waals surface area contributed by atoms with Crippen LogP contribution in [0.25, 0.3) is 28.0 Å². The Hall–Kier alpha value is -3.42. The molecule has 4 aromatic rings. The maximum atomic E-state index is 14.5. The molecule has 1 aliphatic heterocycles. The van der Waals surface area contributed by atoms with Crippen molar-refractivity contribution in [2.75, 3.05) is 18.0 Å². The molecule has 8 heteroatoms. The van der Waals surface area contributed by atoms with Gasteiger partial charge in [0.2, 0.25) is 0 Å². The lowest BCUT2D eigenvalue weighted by molar-refractivity contribution is -0.0262. The third-order valence-electron chi connectivity index (χ3n) is 5.03. The Kier molecular flexibility index (Phi) is 3.84. The predicted molar refractivity (Wildman–Crippen MR) is 104 cm³/mol. The van der Waals surface area contributed by atoms with Gasteiger partial charge in [0.05, 0.1) is 18.8 Å². The highest BCUT2D eigenvalue weighted by Crippen LogP contribution is 2.33. The Morgan fingerprint density at radius 3 is 2.66 bits per heavy atom. The van der Waals surface area contributed by atoms with Crippen molar-refractivity contribution in [1.29, 1.82) is 0 Å². The molecule has 3 aromatic heterocycles. The highest BCUT2D eigenvalue weighted by Gasteiger charge is 2.44. The van der Waals surface area contributed by atoms with Crippen LogP contribution in [0, 0.1) is 12.7 Å². The second-order valence-corrected chi connectivity index (χ2v) is 7.23. The number of nitrogens with zero attached hydrogens (tertiary/aromatic N) is 5. The van der Waals surface area contributed by atoms with Gasteiger partial charge in [0.15, 0.2) is 5.65 Å². The monoisotopic (exact) mass is 395 g/mol. The fourth-order valence-corrected chi connectivity index (χ4v) is 3.52. The molecule has 1 aliphatic rings. The average molecular weight is 395 g/mol. The van der Waals surface area contributed by atoms with Crippen LogP contribution in [0.1, 0.15) is 5.56 Å². The lowest BCUT2D eigenvalue weighted by Gasteiger charge is -2.40. The molecule has 0 unspecified atom stereocenters. The molecule has 146 valence electrons. The second kappa shape index (κ2) is 6.30. The van der Waals surface area contributed by atoms with Crippen LogP contribution >= 0.6 is 0 Å². The van der Waals surface area contributed by atoms with E-state index in [0.29, 0.717) is 11.3 Å². The Morgan fingerprint density at radius 1 is 1.07 bits per heavy atom. The maximum absolute atomic E-state index is 14.5. The standard InChI is InChI=1S/C21H16F3N5/c1-13-3-2-6-25-19(13)14-7-15-10-29(27-20(15)26-9-14)18-8-16(4-5-17(18)22)28-11-21(23,24)12-28/h2-10H,11-12H2,1H3. The number of fused-ring (bicyclic) bond motifs is 1. The van der Waals surface area contributed by atoms with Gasteiger partial charge in [0.1, 0.15) is 11.5 Å². The van der Waals surface area contributed by atoms with E-state index in [2.05, 4.69) is 15.1 Å². The number of hydrogen-bond donors (Lipinski definition) is 0. The van der Waals surface area contributed by atoms with Gasteiger partial charge >= 0.3 is 0 Å². The molecule has 0 atom stereocenters. The van der Waals surface area contributed by atoms with E-state index >= 15 is 0 Å². The number of halogens is 3. The third kappa shape index (κ3) is 3.10. The number of benzene rings is 1. The molecule has 0 spiro atoms. The Balaban J connectivity index is 1.53. The highest BCUT2D eigenvalue weighted by atomic mass is 19.3. The summed E-state index contributed by atoms with van der Waals surface area (Å²) in [6.45, 7) is 1.23. The van der Waals surface area contributed by atoms with Crippen molar-refractivity contribution < 1.29 is 13.2 Å². The zero-order chi connectivity index (χ0) is 20.2. The Bertz CT molecular complexity index is 1230. The molecule has 4 heterocycles. The summed E-state index contributed by atoms with van der Waals surface area (Å²) in [7, 11) is 0. The van der Waals surface area contributed by atoms with Crippen LogP contribution in [-0.4, -0.2) is 38.8 Å². The van der Waals surface area contributed by atoms with Gasteiger partial charge in [-0.15, -0.1) is 5.10 Å². The van der Waals surface area contributed by atoms with Gasteiger partial charge in [-0.2, -0.15) is 0 Å². The normalized spacial score (nSPS) is 15.5. The summed E-state index contributed by atoms with van der Waals surface area (Å²) in [4.78, 5) is 10.3. The van der Waals surface area contributed by atoms with Crippen molar-refractivity contribution in [3.05, 3.63) is 66.4 Å². The molecule has 5 nitrogen and oxygen atoms in total. The molecule has 0 amide bonds. The second-order valence-electron chi connectivity index (χ2n) is 7.23. The highest BCUT2D eigenvalue weighted by molar-refractivity contribution is 5.80. The van der Waals surface area contributed by atoms with E-state index in [0.717, 1.165) is 22.2 Å². The lowest BCUT2D eigenvalue weighted by Crippen LogP contribution is -2.56. The summed E-state index contributed by atoms with van der Waals surface area (Å²) in [5.74, 6) is -3.19. The summed E-state index contributed by atoms with van der Waals surface area (Å²) in [6, 6.07) is 10.0. The molecule has 0 radical (unpaired) electrons. The molecule has 0 N–H and O–H groups in total. The zero-order valence-corrected chi connectivity index (χ0v) is 15.5. The van der Waals surface area contributed by atoms with Crippen LogP contribution in [0.15, 0.2) is 55.0 Å². The van der Waals surface area contributed by atoms with Crippen LogP contribution < -0.4 is 4.90 Å². The number of aryl methyl sites for hydroxylation is 1. The van der Waals surface area contributed by atoms with Gasteiger partial charge in [-0.1, -0.05) is 6.07 Å². The van der Waals surface area contributed by atoms with Gasteiger partial charge in [0.25, 0.3) is 5.92 Å². The van der Waals surface area contributed by atoms with Crippen molar-refractivity contribution in [2.45, 2.75) is 12.8 Å². The molecule has 1 saturated heterocycles. The molecular formula is C21H16F3N5. The molecule has 0 bridgehead atoms. The maximum Gasteiger partial charge on any atom is 0.282 e. The van der Waals surface area contributed by atoms with E-state index in [1.54, 1.807) is 18.6 Å². The molecule has 0 aliphatic carbocycles. The van der Waals surface area contributed by atoms with Crippen molar-refractivity contribution in [2.24, 2.45) is 0 Å². The van der Waals surface area contributed by atoms with Gasteiger partial charge in [-0.05, 0) is 42.8 Å². The van der Waals surface area contributed by atoms with E-state index in [9.17, 15) is 13.2 Å². The lowest BCUT2D eigenvalue weighted by atomic mass is 10.1. The van der Waals surface area contributed by atoms with Crippen LogP contribution in [-0.2, 0) is 0 Å². The van der Waals surface area contributed by atoms with Crippen molar-refractivity contribution in [3.8, 4) is 16.9 Å².